The van der Waals surface area contributed by atoms with Gasteiger partial charge < -0.3 is 10.4 Å². The first-order valence-electron chi connectivity index (χ1n) is 5.21. The van der Waals surface area contributed by atoms with Crippen molar-refractivity contribution in [3.05, 3.63) is 0 Å². The zero-order valence-corrected chi connectivity index (χ0v) is 10.4. The number of amides is 1. The van der Waals surface area contributed by atoms with E-state index in [0.29, 0.717) is 6.42 Å². The molecule has 1 unspecified atom stereocenters. The molecule has 8 heteroatoms. The number of sulfone groups is 1. The van der Waals surface area contributed by atoms with Crippen molar-refractivity contribution in [3.63, 3.8) is 0 Å². The third-order valence-electron chi connectivity index (χ3n) is 2.53. The standard InChI is InChI=1S/C9H16N2O5S/c1-17(15,16)4-2-3-11-6-8(12)10-5-7(11)9(13)14/h7H,2-6H2,1H3,(H,10,12)(H,13,14). The van der Waals surface area contributed by atoms with E-state index in [2.05, 4.69) is 5.32 Å². The minimum absolute atomic E-state index is 0.000723. The lowest BCUT2D eigenvalue weighted by molar-refractivity contribution is -0.145. The third-order valence-corrected chi connectivity index (χ3v) is 3.56. The Kier molecular flexibility index (Phi) is 4.47. The number of rotatable bonds is 5. The Bertz CT molecular complexity index is 406. The minimum Gasteiger partial charge on any atom is -0.480 e. The van der Waals surface area contributed by atoms with Gasteiger partial charge in [-0.15, -0.1) is 0 Å². The van der Waals surface area contributed by atoms with Crippen LogP contribution in [0.2, 0.25) is 0 Å². The summed E-state index contributed by atoms with van der Waals surface area (Å²) >= 11 is 0. The van der Waals surface area contributed by atoms with Crippen LogP contribution in [0.25, 0.3) is 0 Å². The fourth-order valence-corrected chi connectivity index (χ4v) is 2.35. The molecular weight excluding hydrogens is 248 g/mol. The van der Waals surface area contributed by atoms with Crippen molar-refractivity contribution >= 4 is 21.7 Å². The summed E-state index contributed by atoms with van der Waals surface area (Å²) < 4.78 is 21.9. The number of carboxylic acid groups (broad SMARTS) is 1. The molecule has 1 atom stereocenters. The van der Waals surface area contributed by atoms with E-state index in [9.17, 15) is 18.0 Å². The van der Waals surface area contributed by atoms with Crippen molar-refractivity contribution in [2.45, 2.75) is 12.5 Å². The molecule has 1 saturated heterocycles. The molecule has 1 fully saturated rings. The zero-order valence-electron chi connectivity index (χ0n) is 9.55. The Labute approximate surface area is 99.7 Å². The predicted octanol–water partition coefficient (Wildman–Crippen LogP) is -1.69. The summed E-state index contributed by atoms with van der Waals surface area (Å²) in [6.07, 6.45) is 1.46. The number of carbonyl (C=O) groups excluding carboxylic acids is 1. The molecule has 0 aromatic heterocycles. The van der Waals surface area contributed by atoms with Crippen LogP contribution < -0.4 is 5.32 Å². The minimum atomic E-state index is -3.05. The summed E-state index contributed by atoms with van der Waals surface area (Å²) in [6, 6.07) is -0.771. The van der Waals surface area contributed by atoms with Crippen molar-refractivity contribution in [1.29, 1.82) is 0 Å². The van der Waals surface area contributed by atoms with Crippen LogP contribution in [0.15, 0.2) is 0 Å². The molecule has 1 rings (SSSR count). The zero-order chi connectivity index (χ0) is 13.1. The van der Waals surface area contributed by atoms with E-state index in [1.54, 1.807) is 0 Å². The predicted molar refractivity (Wildman–Crippen MR) is 60.3 cm³/mol. The topological polar surface area (TPSA) is 104 Å². The molecule has 0 bridgehead atoms. The molecule has 17 heavy (non-hydrogen) atoms. The highest BCUT2D eigenvalue weighted by molar-refractivity contribution is 7.90. The maximum atomic E-state index is 11.1. The molecule has 7 nitrogen and oxygen atoms in total. The van der Waals surface area contributed by atoms with E-state index in [0.717, 1.165) is 6.26 Å². The molecule has 0 saturated carbocycles. The monoisotopic (exact) mass is 264 g/mol. The van der Waals surface area contributed by atoms with Crippen LogP contribution in [-0.2, 0) is 19.4 Å². The average molecular weight is 264 g/mol. The van der Waals surface area contributed by atoms with Crippen LogP contribution in [0.5, 0.6) is 0 Å². The van der Waals surface area contributed by atoms with Crippen LogP contribution in [0.1, 0.15) is 6.42 Å². The Morgan fingerprint density at radius 3 is 2.76 bits per heavy atom. The first-order chi connectivity index (χ1) is 7.79. The lowest BCUT2D eigenvalue weighted by atomic mass is 10.2. The van der Waals surface area contributed by atoms with Crippen LogP contribution in [-0.4, -0.2) is 68.0 Å². The Balaban J connectivity index is 2.52. The van der Waals surface area contributed by atoms with Crippen molar-refractivity contribution in [1.82, 2.24) is 10.2 Å². The molecule has 1 aliphatic heterocycles. The smallest absolute Gasteiger partial charge is 0.322 e. The van der Waals surface area contributed by atoms with Gasteiger partial charge >= 0.3 is 5.97 Å². The second-order valence-electron chi connectivity index (χ2n) is 4.11. The van der Waals surface area contributed by atoms with Crippen LogP contribution >= 0.6 is 0 Å². The number of nitrogens with one attached hydrogen (secondary N) is 1. The number of hydrogen-bond acceptors (Lipinski definition) is 5. The molecule has 0 aliphatic carbocycles. The van der Waals surface area contributed by atoms with Gasteiger partial charge in [-0.2, -0.15) is 0 Å². The summed E-state index contributed by atoms with van der Waals surface area (Å²) in [5, 5.41) is 11.4. The quantitative estimate of drug-likeness (QED) is 0.614. The Morgan fingerprint density at radius 2 is 2.24 bits per heavy atom. The molecule has 0 aromatic carbocycles. The summed E-state index contributed by atoms with van der Waals surface area (Å²) in [7, 11) is -3.05. The van der Waals surface area contributed by atoms with Crippen molar-refractivity contribution in [2.24, 2.45) is 0 Å². The molecule has 98 valence electrons. The summed E-state index contributed by atoms with van der Waals surface area (Å²) in [4.78, 5) is 23.6. The van der Waals surface area contributed by atoms with Crippen LogP contribution in [0, 0.1) is 0 Å². The molecule has 0 spiro atoms. The third kappa shape index (κ3) is 4.70. The number of aliphatic carboxylic acids is 1. The summed E-state index contributed by atoms with van der Waals surface area (Å²) in [5.74, 6) is -1.25. The van der Waals surface area contributed by atoms with Gasteiger partial charge in [-0.05, 0) is 6.42 Å². The molecule has 0 radical (unpaired) electrons. The second-order valence-corrected chi connectivity index (χ2v) is 6.37. The first-order valence-corrected chi connectivity index (χ1v) is 7.27. The van der Waals surface area contributed by atoms with Crippen molar-refractivity contribution in [3.8, 4) is 0 Å². The highest BCUT2D eigenvalue weighted by atomic mass is 32.2. The SMILES string of the molecule is CS(=O)(=O)CCCN1CC(=O)NCC1C(=O)O. The van der Waals surface area contributed by atoms with E-state index < -0.39 is 21.8 Å². The maximum Gasteiger partial charge on any atom is 0.322 e. The average Bonchev–Trinajstić information content (AvgIpc) is 2.15. The normalized spacial score (nSPS) is 22.2. The van der Waals surface area contributed by atoms with E-state index in [-0.39, 0.29) is 31.3 Å². The number of carboxylic acids is 1. The van der Waals surface area contributed by atoms with Crippen LogP contribution in [0.4, 0.5) is 0 Å². The molecule has 1 aliphatic rings. The summed E-state index contributed by atoms with van der Waals surface area (Å²) in [5.41, 5.74) is 0. The largest absolute Gasteiger partial charge is 0.480 e. The van der Waals surface area contributed by atoms with E-state index in [1.807, 2.05) is 0 Å². The number of carbonyl (C=O) groups is 2. The Morgan fingerprint density at radius 1 is 1.59 bits per heavy atom. The fourth-order valence-electron chi connectivity index (χ4n) is 1.70. The lowest BCUT2D eigenvalue weighted by Crippen LogP contribution is -2.57. The Hall–Kier alpha value is -1.15. The number of nitrogens with zero attached hydrogens (tertiary/aromatic N) is 1. The van der Waals surface area contributed by atoms with E-state index >= 15 is 0 Å². The molecule has 1 amide bonds. The van der Waals surface area contributed by atoms with Gasteiger partial charge in [0.25, 0.3) is 0 Å². The summed E-state index contributed by atoms with van der Waals surface area (Å²) in [6.45, 7) is 0.352. The molecule has 0 aromatic rings. The van der Waals surface area contributed by atoms with Crippen LogP contribution in [0.3, 0.4) is 0 Å². The molecule has 1 heterocycles. The van der Waals surface area contributed by atoms with Gasteiger partial charge in [0.1, 0.15) is 15.9 Å². The van der Waals surface area contributed by atoms with Gasteiger partial charge in [-0.1, -0.05) is 0 Å². The number of hydrogen-bond donors (Lipinski definition) is 2. The molecule has 2 N–H and O–H groups in total. The van der Waals surface area contributed by atoms with Gasteiger partial charge in [0.2, 0.25) is 5.91 Å². The van der Waals surface area contributed by atoms with E-state index in [1.165, 1.54) is 4.90 Å². The highest BCUT2D eigenvalue weighted by Gasteiger charge is 2.31. The lowest BCUT2D eigenvalue weighted by Gasteiger charge is -2.32. The van der Waals surface area contributed by atoms with Crippen molar-refractivity contribution in [2.75, 3.05) is 31.6 Å². The van der Waals surface area contributed by atoms with Gasteiger partial charge in [0, 0.05) is 19.3 Å². The van der Waals surface area contributed by atoms with Gasteiger partial charge in [0.15, 0.2) is 0 Å². The number of piperazine rings is 1. The van der Waals surface area contributed by atoms with E-state index in [4.69, 9.17) is 5.11 Å². The van der Waals surface area contributed by atoms with Gasteiger partial charge in [0.05, 0.1) is 12.3 Å². The maximum absolute atomic E-state index is 11.1. The van der Waals surface area contributed by atoms with Crippen molar-refractivity contribution < 1.29 is 23.1 Å². The van der Waals surface area contributed by atoms with Gasteiger partial charge in [-0.25, -0.2) is 8.42 Å². The highest BCUT2D eigenvalue weighted by Crippen LogP contribution is 2.06. The fraction of sp³-hybridized carbons (Fsp3) is 0.778. The molecular formula is C9H16N2O5S. The van der Waals surface area contributed by atoms with Gasteiger partial charge in [-0.3, -0.25) is 14.5 Å². The first kappa shape index (κ1) is 13.9. The second kappa shape index (κ2) is 5.46.